The Morgan fingerprint density at radius 3 is 3.00 bits per heavy atom. The Balaban J connectivity index is 1.33. The number of rotatable bonds is 5. The number of hydrogen-bond donors (Lipinski definition) is 2. The first kappa shape index (κ1) is 19.8. The van der Waals surface area contributed by atoms with Crippen molar-refractivity contribution in [1.82, 2.24) is 34.3 Å². The third kappa shape index (κ3) is 3.82. The molecule has 0 aliphatic rings. The fourth-order valence-corrected chi connectivity index (χ4v) is 3.97. The fourth-order valence-electron chi connectivity index (χ4n) is 3.48. The van der Waals surface area contributed by atoms with Gasteiger partial charge >= 0.3 is 0 Å². The van der Waals surface area contributed by atoms with Crippen LogP contribution in [0.25, 0.3) is 11.2 Å². The number of pyridine rings is 2. The van der Waals surface area contributed by atoms with Crippen molar-refractivity contribution in [2.24, 2.45) is 0 Å². The highest BCUT2D eigenvalue weighted by molar-refractivity contribution is 9.10. The average molecular weight is 499 g/mol. The number of carbonyl (C=O) groups excluding carboxylic acids is 1. The molecule has 0 fully saturated rings. The molecule has 156 valence electrons. The second kappa shape index (κ2) is 7.82. The van der Waals surface area contributed by atoms with Crippen LogP contribution in [0.4, 0.5) is 0 Å². The highest BCUT2D eigenvalue weighted by atomic mass is 79.9. The van der Waals surface area contributed by atoms with Crippen LogP contribution < -0.4 is 5.32 Å². The Morgan fingerprint density at radius 2 is 2.13 bits per heavy atom. The zero-order chi connectivity index (χ0) is 21.5. The first-order valence-electron chi connectivity index (χ1n) is 9.53. The number of nitrogens with one attached hydrogen (secondary N) is 2. The molecule has 5 rings (SSSR count). The molecule has 31 heavy (non-hydrogen) atoms. The zero-order valence-electron chi connectivity index (χ0n) is 16.4. The van der Waals surface area contributed by atoms with Gasteiger partial charge in [-0.05, 0) is 46.6 Å². The second-order valence-corrected chi connectivity index (χ2v) is 8.53. The normalized spacial score (nSPS) is 11.5. The van der Waals surface area contributed by atoms with Gasteiger partial charge in [0.25, 0.3) is 5.91 Å². The molecule has 0 bridgehead atoms. The van der Waals surface area contributed by atoms with Crippen LogP contribution in [0, 0.1) is 6.92 Å². The van der Waals surface area contributed by atoms with Crippen LogP contribution >= 0.6 is 27.5 Å². The van der Waals surface area contributed by atoms with Crippen molar-refractivity contribution in [3.8, 4) is 0 Å². The Bertz CT molecular complexity index is 1400. The van der Waals surface area contributed by atoms with E-state index in [2.05, 4.69) is 41.4 Å². The third-order valence-electron chi connectivity index (χ3n) is 5.10. The van der Waals surface area contributed by atoms with E-state index in [1.54, 1.807) is 18.6 Å². The standard InChI is InChI=1S/C21H17BrClN7O/c1-12-4-20-27-14(9-30(20)10-16(12)22)6-17-15(7-26-28-17)21(31)24-8-18-19-5-13(23)2-3-29(19)11-25-18/h2-5,7,9-11H,6,8H2,1H3,(H,24,31)(H,26,28). The number of H-pyrrole nitrogens is 1. The lowest BCUT2D eigenvalue weighted by molar-refractivity contribution is 0.0950. The fraction of sp³-hybridized carbons (Fsp3) is 0.143. The quantitative estimate of drug-likeness (QED) is 0.384. The summed E-state index contributed by atoms with van der Waals surface area (Å²) in [7, 11) is 0. The van der Waals surface area contributed by atoms with Crippen LogP contribution in [-0.2, 0) is 13.0 Å². The van der Waals surface area contributed by atoms with Gasteiger partial charge in [0.2, 0.25) is 0 Å². The summed E-state index contributed by atoms with van der Waals surface area (Å²) in [4.78, 5) is 21.8. The Kier molecular flexibility index (Phi) is 4.99. The van der Waals surface area contributed by atoms with Crippen molar-refractivity contribution in [2.75, 3.05) is 0 Å². The molecule has 0 atom stereocenters. The van der Waals surface area contributed by atoms with Gasteiger partial charge in [0, 0.05) is 40.7 Å². The van der Waals surface area contributed by atoms with Gasteiger partial charge in [-0.2, -0.15) is 5.10 Å². The number of halogens is 2. The van der Waals surface area contributed by atoms with Gasteiger partial charge in [0.05, 0.1) is 41.0 Å². The van der Waals surface area contributed by atoms with Crippen molar-refractivity contribution >= 4 is 44.6 Å². The van der Waals surface area contributed by atoms with E-state index in [0.717, 1.165) is 32.6 Å². The zero-order valence-corrected chi connectivity index (χ0v) is 18.8. The molecule has 5 aromatic heterocycles. The maximum atomic E-state index is 12.8. The number of aryl methyl sites for hydroxylation is 1. The Labute approximate surface area is 190 Å². The minimum atomic E-state index is -0.228. The van der Waals surface area contributed by atoms with E-state index in [9.17, 15) is 4.79 Å². The molecule has 0 saturated heterocycles. The molecule has 8 nitrogen and oxygen atoms in total. The SMILES string of the molecule is Cc1cc2nc(Cc3n[nH]cc3C(=O)NCc3ncn4ccc(Cl)cc34)cn2cc1Br. The van der Waals surface area contributed by atoms with Gasteiger partial charge in [-0.15, -0.1) is 0 Å². The molecule has 0 unspecified atom stereocenters. The van der Waals surface area contributed by atoms with E-state index >= 15 is 0 Å². The molecular weight excluding hydrogens is 482 g/mol. The molecule has 5 aromatic rings. The highest BCUT2D eigenvalue weighted by Crippen LogP contribution is 2.20. The molecule has 0 aliphatic heterocycles. The van der Waals surface area contributed by atoms with Crippen LogP contribution in [0.15, 0.2) is 53.8 Å². The van der Waals surface area contributed by atoms with Gasteiger partial charge in [-0.1, -0.05) is 11.6 Å². The van der Waals surface area contributed by atoms with Crippen LogP contribution in [0.5, 0.6) is 0 Å². The largest absolute Gasteiger partial charge is 0.346 e. The predicted molar refractivity (Wildman–Crippen MR) is 120 cm³/mol. The summed E-state index contributed by atoms with van der Waals surface area (Å²) in [5.74, 6) is -0.228. The van der Waals surface area contributed by atoms with Crippen LogP contribution in [0.2, 0.25) is 5.02 Å². The molecule has 5 heterocycles. The summed E-state index contributed by atoms with van der Waals surface area (Å²) in [6.45, 7) is 2.30. The number of hydrogen-bond acceptors (Lipinski definition) is 4. The van der Waals surface area contributed by atoms with Crippen molar-refractivity contribution in [3.05, 3.63) is 87.0 Å². The molecule has 0 radical (unpaired) electrons. The number of fused-ring (bicyclic) bond motifs is 2. The van der Waals surface area contributed by atoms with E-state index in [1.807, 2.05) is 46.4 Å². The molecular formula is C21H17BrClN7O. The van der Waals surface area contributed by atoms with Crippen molar-refractivity contribution < 1.29 is 4.79 Å². The van der Waals surface area contributed by atoms with E-state index in [0.29, 0.717) is 22.7 Å². The summed E-state index contributed by atoms with van der Waals surface area (Å²) in [6.07, 6.45) is 9.48. The van der Waals surface area contributed by atoms with Crippen LogP contribution in [-0.4, -0.2) is 34.9 Å². The summed E-state index contributed by atoms with van der Waals surface area (Å²) < 4.78 is 4.82. The number of aromatic nitrogens is 6. The summed E-state index contributed by atoms with van der Waals surface area (Å²) >= 11 is 9.62. The lowest BCUT2D eigenvalue weighted by Gasteiger charge is -2.04. The van der Waals surface area contributed by atoms with E-state index < -0.39 is 0 Å². The third-order valence-corrected chi connectivity index (χ3v) is 6.16. The summed E-state index contributed by atoms with van der Waals surface area (Å²) in [5, 5.41) is 10.6. The summed E-state index contributed by atoms with van der Waals surface area (Å²) in [6, 6.07) is 5.62. The van der Waals surface area contributed by atoms with E-state index in [1.165, 1.54) is 0 Å². The van der Waals surface area contributed by atoms with Gasteiger partial charge in [-0.25, -0.2) is 9.97 Å². The highest BCUT2D eigenvalue weighted by Gasteiger charge is 2.17. The molecule has 0 spiro atoms. The maximum absolute atomic E-state index is 12.8. The van der Waals surface area contributed by atoms with Crippen molar-refractivity contribution in [1.29, 1.82) is 0 Å². The first-order chi connectivity index (χ1) is 15.0. The van der Waals surface area contributed by atoms with Crippen molar-refractivity contribution in [3.63, 3.8) is 0 Å². The lowest BCUT2D eigenvalue weighted by atomic mass is 10.1. The van der Waals surface area contributed by atoms with Gasteiger partial charge < -0.3 is 14.1 Å². The molecule has 0 aliphatic carbocycles. The number of aromatic amines is 1. The molecule has 0 saturated carbocycles. The molecule has 1 amide bonds. The number of amides is 1. The maximum Gasteiger partial charge on any atom is 0.255 e. The first-order valence-corrected chi connectivity index (χ1v) is 10.7. The average Bonchev–Trinajstić information content (AvgIpc) is 3.45. The monoisotopic (exact) mass is 497 g/mol. The summed E-state index contributed by atoms with van der Waals surface area (Å²) in [5.41, 5.74) is 5.49. The van der Waals surface area contributed by atoms with Crippen LogP contribution in [0.1, 0.15) is 33.0 Å². The number of imidazole rings is 2. The topological polar surface area (TPSA) is 92.4 Å². The number of nitrogens with zero attached hydrogens (tertiary/aromatic N) is 5. The molecule has 2 N–H and O–H groups in total. The van der Waals surface area contributed by atoms with Crippen molar-refractivity contribution in [2.45, 2.75) is 19.9 Å². The number of carbonyl (C=O) groups is 1. The Hall–Kier alpha value is -3.17. The minimum absolute atomic E-state index is 0.228. The Morgan fingerprint density at radius 1 is 1.26 bits per heavy atom. The van der Waals surface area contributed by atoms with Gasteiger partial charge in [0.15, 0.2) is 0 Å². The lowest BCUT2D eigenvalue weighted by Crippen LogP contribution is -2.23. The van der Waals surface area contributed by atoms with E-state index in [4.69, 9.17) is 11.6 Å². The smallest absolute Gasteiger partial charge is 0.255 e. The van der Waals surface area contributed by atoms with Crippen LogP contribution in [0.3, 0.4) is 0 Å². The minimum Gasteiger partial charge on any atom is -0.346 e. The predicted octanol–water partition coefficient (Wildman–Crippen LogP) is 3.95. The molecule has 0 aromatic carbocycles. The van der Waals surface area contributed by atoms with E-state index in [-0.39, 0.29) is 12.5 Å². The van der Waals surface area contributed by atoms with Gasteiger partial charge in [-0.3, -0.25) is 9.89 Å². The van der Waals surface area contributed by atoms with Gasteiger partial charge in [0.1, 0.15) is 5.65 Å². The second-order valence-electron chi connectivity index (χ2n) is 7.24. The molecule has 10 heteroatoms.